The molecule has 0 aromatic heterocycles. The first-order valence-corrected chi connectivity index (χ1v) is 10.00. The normalized spacial score (nSPS) is 16.7. The fourth-order valence-corrected chi connectivity index (χ4v) is 3.73. The Morgan fingerprint density at radius 2 is 1.78 bits per heavy atom. The molecule has 32 heavy (non-hydrogen) atoms. The topological polar surface area (TPSA) is 70.4 Å². The maximum atomic E-state index is 13.0. The molecule has 166 valence electrons. The number of halogens is 3. The van der Waals surface area contributed by atoms with Crippen LogP contribution in [0.25, 0.3) is 0 Å². The van der Waals surface area contributed by atoms with Gasteiger partial charge in [-0.3, -0.25) is 4.79 Å². The quantitative estimate of drug-likeness (QED) is 0.616. The van der Waals surface area contributed by atoms with Crippen LogP contribution in [0.3, 0.4) is 0 Å². The van der Waals surface area contributed by atoms with Crippen molar-refractivity contribution in [2.75, 3.05) is 6.61 Å². The summed E-state index contributed by atoms with van der Waals surface area (Å²) in [6, 6.07) is 13.2. The molecule has 3 rings (SSSR count). The van der Waals surface area contributed by atoms with Crippen molar-refractivity contribution in [2.45, 2.75) is 38.9 Å². The van der Waals surface area contributed by atoms with Gasteiger partial charge in [0.1, 0.15) is 0 Å². The van der Waals surface area contributed by atoms with E-state index in [4.69, 9.17) is 10.00 Å². The maximum Gasteiger partial charge on any atom is 0.416 e. The number of allylic oxidation sites excluding steroid dienone is 1. The fourth-order valence-electron chi connectivity index (χ4n) is 3.73. The van der Waals surface area contributed by atoms with E-state index in [-0.39, 0.29) is 31.1 Å². The predicted octanol–water partition coefficient (Wildman–Crippen LogP) is 4.93. The van der Waals surface area contributed by atoms with Crippen molar-refractivity contribution in [3.8, 4) is 6.07 Å². The zero-order valence-electron chi connectivity index (χ0n) is 17.6. The Hall–Kier alpha value is -3.60. The molecule has 0 fully saturated rings. The first-order chi connectivity index (χ1) is 15.2. The fraction of sp³-hybridized carbons (Fsp3) is 0.292. The van der Waals surface area contributed by atoms with Gasteiger partial charge in [-0.05, 0) is 49.2 Å². The molecule has 2 aromatic rings. The van der Waals surface area contributed by atoms with Gasteiger partial charge in [-0.1, -0.05) is 24.3 Å². The first kappa shape index (κ1) is 23.1. The second kappa shape index (κ2) is 9.27. The summed E-state index contributed by atoms with van der Waals surface area (Å²) in [4.78, 5) is 27.2. The molecule has 0 saturated carbocycles. The minimum Gasteiger partial charge on any atom is -0.463 e. The van der Waals surface area contributed by atoms with Crippen LogP contribution in [0.1, 0.15) is 48.4 Å². The van der Waals surface area contributed by atoms with Crippen LogP contribution in [0.2, 0.25) is 0 Å². The summed E-state index contributed by atoms with van der Waals surface area (Å²) in [7, 11) is 0. The second-order valence-electron chi connectivity index (χ2n) is 7.38. The van der Waals surface area contributed by atoms with Crippen molar-refractivity contribution in [2.24, 2.45) is 0 Å². The summed E-state index contributed by atoms with van der Waals surface area (Å²) >= 11 is 0. The number of esters is 1. The van der Waals surface area contributed by atoms with Crippen molar-refractivity contribution < 1.29 is 27.5 Å². The van der Waals surface area contributed by atoms with Crippen LogP contribution in [0.4, 0.5) is 13.2 Å². The Balaban J connectivity index is 1.99. The molecule has 0 aliphatic carbocycles. The molecule has 0 spiro atoms. The molecular weight excluding hydrogens is 421 g/mol. The summed E-state index contributed by atoms with van der Waals surface area (Å²) in [6.07, 6.45) is -4.55. The third-order valence-corrected chi connectivity index (χ3v) is 5.38. The summed E-state index contributed by atoms with van der Waals surface area (Å²) in [5.41, 5.74) is 1.54. The molecule has 1 aliphatic heterocycles. The molecule has 0 radical (unpaired) electrons. The largest absolute Gasteiger partial charge is 0.463 e. The third kappa shape index (κ3) is 4.83. The number of rotatable bonds is 5. The summed E-state index contributed by atoms with van der Waals surface area (Å²) in [6.45, 7) is 3.60. The van der Waals surface area contributed by atoms with Gasteiger partial charge < -0.3 is 9.64 Å². The number of ether oxygens (including phenoxy) is 1. The number of hydrogen-bond acceptors (Lipinski definition) is 4. The lowest BCUT2D eigenvalue weighted by atomic mass is 9.83. The molecule has 0 N–H and O–H groups in total. The van der Waals surface area contributed by atoms with Gasteiger partial charge in [0, 0.05) is 18.0 Å². The lowest BCUT2D eigenvalue weighted by molar-refractivity contribution is -0.140. The van der Waals surface area contributed by atoms with E-state index in [2.05, 4.69) is 0 Å². The Labute approximate surface area is 183 Å². The SMILES string of the molecule is CCOC(=O)C1=C(C)N(Cc2ccc(C#N)cc2)C(=O)CC1c1ccc(C(F)(F)F)cc1. The Morgan fingerprint density at radius 3 is 2.31 bits per heavy atom. The number of amides is 1. The standard InChI is InChI=1S/C24H21F3N2O3/c1-3-32-23(31)22-15(2)29(14-17-6-4-16(13-28)5-7-17)21(30)12-20(22)18-8-10-19(11-9-18)24(25,26)27/h4-11,20H,3,12,14H2,1-2H3. The lowest BCUT2D eigenvalue weighted by Gasteiger charge is -2.34. The number of benzene rings is 2. The molecule has 8 heteroatoms. The van der Waals surface area contributed by atoms with E-state index < -0.39 is 23.6 Å². The van der Waals surface area contributed by atoms with Crippen LogP contribution in [-0.2, 0) is 27.0 Å². The molecule has 1 heterocycles. The van der Waals surface area contributed by atoms with Gasteiger partial charge in [0.05, 0.1) is 35.9 Å². The number of alkyl halides is 3. The molecule has 1 atom stereocenters. The first-order valence-electron chi connectivity index (χ1n) is 10.00. The van der Waals surface area contributed by atoms with Crippen LogP contribution >= 0.6 is 0 Å². The highest BCUT2D eigenvalue weighted by atomic mass is 19.4. The van der Waals surface area contributed by atoms with E-state index in [1.807, 2.05) is 6.07 Å². The van der Waals surface area contributed by atoms with Crippen LogP contribution in [0.15, 0.2) is 59.8 Å². The number of carbonyl (C=O) groups is 2. The minimum atomic E-state index is -4.48. The monoisotopic (exact) mass is 442 g/mol. The molecular formula is C24H21F3N2O3. The van der Waals surface area contributed by atoms with Crippen molar-refractivity contribution in [3.05, 3.63) is 82.1 Å². The van der Waals surface area contributed by atoms with E-state index in [1.165, 1.54) is 17.0 Å². The Kier molecular flexibility index (Phi) is 6.68. The highest BCUT2D eigenvalue weighted by molar-refractivity contribution is 5.95. The van der Waals surface area contributed by atoms with Gasteiger partial charge >= 0.3 is 12.1 Å². The van der Waals surface area contributed by atoms with E-state index in [0.717, 1.165) is 17.7 Å². The van der Waals surface area contributed by atoms with E-state index in [0.29, 0.717) is 16.8 Å². The van der Waals surface area contributed by atoms with Gasteiger partial charge in [-0.25, -0.2) is 4.79 Å². The zero-order chi connectivity index (χ0) is 23.5. The number of hydrogen-bond donors (Lipinski definition) is 0. The van der Waals surface area contributed by atoms with E-state index in [9.17, 15) is 22.8 Å². The summed E-state index contributed by atoms with van der Waals surface area (Å²) in [5.74, 6) is -1.57. The predicted molar refractivity (Wildman–Crippen MR) is 110 cm³/mol. The maximum absolute atomic E-state index is 13.0. The Bertz CT molecular complexity index is 1080. The second-order valence-corrected chi connectivity index (χ2v) is 7.38. The molecule has 0 bridgehead atoms. The smallest absolute Gasteiger partial charge is 0.416 e. The van der Waals surface area contributed by atoms with Crippen molar-refractivity contribution in [1.82, 2.24) is 4.90 Å². The number of carbonyl (C=O) groups excluding carboxylic acids is 2. The van der Waals surface area contributed by atoms with E-state index in [1.54, 1.807) is 38.1 Å². The number of nitrogens with zero attached hydrogens (tertiary/aromatic N) is 2. The van der Waals surface area contributed by atoms with Crippen LogP contribution in [0.5, 0.6) is 0 Å². The van der Waals surface area contributed by atoms with Crippen molar-refractivity contribution >= 4 is 11.9 Å². The molecule has 1 amide bonds. The van der Waals surface area contributed by atoms with Gasteiger partial charge in [-0.2, -0.15) is 18.4 Å². The Morgan fingerprint density at radius 1 is 1.16 bits per heavy atom. The summed E-state index contributed by atoms with van der Waals surface area (Å²) < 4.78 is 44.0. The molecule has 1 unspecified atom stereocenters. The lowest BCUT2D eigenvalue weighted by Crippen LogP contribution is -2.38. The van der Waals surface area contributed by atoms with Crippen molar-refractivity contribution in [3.63, 3.8) is 0 Å². The van der Waals surface area contributed by atoms with E-state index >= 15 is 0 Å². The highest BCUT2D eigenvalue weighted by Crippen LogP contribution is 2.39. The van der Waals surface area contributed by atoms with Gasteiger partial charge in [0.2, 0.25) is 5.91 Å². The molecule has 2 aromatic carbocycles. The van der Waals surface area contributed by atoms with Crippen molar-refractivity contribution in [1.29, 1.82) is 5.26 Å². The molecule has 5 nitrogen and oxygen atoms in total. The van der Waals surface area contributed by atoms with Gasteiger partial charge in [0.15, 0.2) is 0 Å². The van der Waals surface area contributed by atoms with Crippen LogP contribution in [0, 0.1) is 11.3 Å². The zero-order valence-corrected chi connectivity index (χ0v) is 17.6. The average Bonchev–Trinajstić information content (AvgIpc) is 2.76. The third-order valence-electron chi connectivity index (χ3n) is 5.38. The highest BCUT2D eigenvalue weighted by Gasteiger charge is 2.37. The molecule has 0 saturated heterocycles. The number of nitriles is 1. The van der Waals surface area contributed by atoms with Gasteiger partial charge in [-0.15, -0.1) is 0 Å². The average molecular weight is 442 g/mol. The summed E-state index contributed by atoms with van der Waals surface area (Å²) in [5, 5.41) is 8.94. The van der Waals surface area contributed by atoms with Crippen LogP contribution in [-0.4, -0.2) is 23.4 Å². The minimum absolute atomic E-state index is 0.0763. The van der Waals surface area contributed by atoms with Gasteiger partial charge in [0.25, 0.3) is 0 Å². The molecule has 1 aliphatic rings. The van der Waals surface area contributed by atoms with Crippen LogP contribution < -0.4 is 0 Å².